The number of fused-ring (bicyclic) bond motifs is 2. The van der Waals surface area contributed by atoms with Crippen LogP contribution in [0.25, 0.3) is 26.9 Å². The third-order valence-electron chi connectivity index (χ3n) is 5.04. The standard InChI is InChI=1S/C24H19N5O3S2/c1-14-7-10-20(25-12-14)29-22(31)16-5-3-4-6-17(16)27-24(29)33-13-21(30)28-23-26-18-9-8-15(32-2)11-19(18)34-23/h3-12H,13H2,1-2H3,(H,26,28,30). The summed E-state index contributed by atoms with van der Waals surface area (Å²) in [5.41, 5.74) is 2.10. The molecule has 3 aromatic heterocycles. The number of hydrogen-bond acceptors (Lipinski definition) is 8. The van der Waals surface area contributed by atoms with E-state index in [0.29, 0.717) is 27.0 Å². The van der Waals surface area contributed by atoms with Crippen molar-refractivity contribution in [1.82, 2.24) is 19.5 Å². The second-order valence-electron chi connectivity index (χ2n) is 7.44. The van der Waals surface area contributed by atoms with Crippen LogP contribution < -0.4 is 15.6 Å². The van der Waals surface area contributed by atoms with Crippen molar-refractivity contribution < 1.29 is 9.53 Å². The number of anilines is 1. The lowest BCUT2D eigenvalue weighted by atomic mass is 10.2. The molecule has 0 spiro atoms. The first-order chi connectivity index (χ1) is 16.5. The topological polar surface area (TPSA) is 99.0 Å². The van der Waals surface area contributed by atoms with Crippen molar-refractivity contribution in [3.8, 4) is 11.6 Å². The molecule has 0 unspecified atom stereocenters. The highest BCUT2D eigenvalue weighted by Crippen LogP contribution is 2.29. The number of pyridine rings is 1. The summed E-state index contributed by atoms with van der Waals surface area (Å²) >= 11 is 2.54. The molecule has 0 atom stereocenters. The van der Waals surface area contributed by atoms with Gasteiger partial charge in [-0.3, -0.25) is 9.59 Å². The Morgan fingerprint density at radius 3 is 2.76 bits per heavy atom. The first kappa shape index (κ1) is 22.1. The average Bonchev–Trinajstić information content (AvgIpc) is 3.25. The van der Waals surface area contributed by atoms with Crippen LogP contribution in [0.3, 0.4) is 0 Å². The Bertz CT molecular complexity index is 1580. The molecular weight excluding hydrogens is 470 g/mol. The number of thiazole rings is 1. The normalized spacial score (nSPS) is 11.1. The van der Waals surface area contributed by atoms with Crippen molar-refractivity contribution in [3.63, 3.8) is 0 Å². The SMILES string of the molecule is COc1ccc2nc(NC(=O)CSc3nc4ccccc4c(=O)n3-c3ccc(C)cn3)sc2c1. The van der Waals surface area contributed by atoms with Gasteiger partial charge in [0.05, 0.1) is 34.0 Å². The van der Waals surface area contributed by atoms with E-state index in [9.17, 15) is 9.59 Å². The fourth-order valence-corrected chi connectivity index (χ4v) is 5.09. The predicted molar refractivity (Wildman–Crippen MR) is 135 cm³/mol. The number of nitrogens with zero attached hydrogens (tertiary/aromatic N) is 4. The number of thioether (sulfide) groups is 1. The molecule has 1 amide bonds. The number of ether oxygens (including phenoxy) is 1. The Morgan fingerprint density at radius 1 is 1.12 bits per heavy atom. The zero-order chi connectivity index (χ0) is 23.7. The summed E-state index contributed by atoms with van der Waals surface area (Å²) in [5.74, 6) is 0.990. The van der Waals surface area contributed by atoms with Gasteiger partial charge < -0.3 is 10.1 Å². The van der Waals surface area contributed by atoms with E-state index in [1.165, 1.54) is 27.7 Å². The van der Waals surface area contributed by atoms with E-state index in [4.69, 9.17) is 4.74 Å². The van der Waals surface area contributed by atoms with Gasteiger partial charge in [0, 0.05) is 6.20 Å². The maximum Gasteiger partial charge on any atom is 0.267 e. The number of aryl methyl sites for hydroxylation is 1. The molecule has 0 bridgehead atoms. The van der Waals surface area contributed by atoms with Crippen molar-refractivity contribution in [3.05, 3.63) is 76.7 Å². The van der Waals surface area contributed by atoms with Gasteiger partial charge in [0.1, 0.15) is 11.6 Å². The van der Waals surface area contributed by atoms with Crippen LogP contribution in [0.2, 0.25) is 0 Å². The molecule has 0 aliphatic rings. The van der Waals surface area contributed by atoms with Crippen molar-refractivity contribution >= 4 is 55.3 Å². The van der Waals surface area contributed by atoms with Gasteiger partial charge in [-0.25, -0.2) is 19.5 Å². The van der Waals surface area contributed by atoms with Gasteiger partial charge in [0.25, 0.3) is 5.56 Å². The second kappa shape index (κ2) is 9.24. The van der Waals surface area contributed by atoms with E-state index < -0.39 is 0 Å². The molecule has 0 fully saturated rings. The monoisotopic (exact) mass is 489 g/mol. The molecule has 3 heterocycles. The first-order valence-corrected chi connectivity index (χ1v) is 12.1. The molecular formula is C24H19N5O3S2. The molecule has 0 aliphatic heterocycles. The van der Waals surface area contributed by atoms with Crippen LogP contribution in [-0.4, -0.2) is 38.3 Å². The molecule has 34 heavy (non-hydrogen) atoms. The minimum atomic E-state index is -0.248. The Labute approximate surface area is 202 Å². The van der Waals surface area contributed by atoms with Crippen molar-refractivity contribution in [2.45, 2.75) is 12.1 Å². The quantitative estimate of drug-likeness (QED) is 0.278. The third kappa shape index (κ3) is 4.37. The predicted octanol–water partition coefficient (Wildman–Crippen LogP) is 4.44. The molecule has 8 nitrogen and oxygen atoms in total. The van der Waals surface area contributed by atoms with Gasteiger partial charge in [-0.15, -0.1) is 0 Å². The number of hydrogen-bond donors (Lipinski definition) is 1. The van der Waals surface area contributed by atoms with E-state index >= 15 is 0 Å². The van der Waals surface area contributed by atoms with E-state index in [1.807, 2.05) is 37.3 Å². The Kier molecular flexibility index (Phi) is 5.99. The third-order valence-corrected chi connectivity index (χ3v) is 6.92. The van der Waals surface area contributed by atoms with E-state index in [2.05, 4.69) is 20.3 Å². The van der Waals surface area contributed by atoms with Crippen LogP contribution in [0.15, 0.2) is 70.7 Å². The zero-order valence-electron chi connectivity index (χ0n) is 18.3. The number of rotatable bonds is 6. The molecule has 5 rings (SSSR count). The van der Waals surface area contributed by atoms with Crippen molar-refractivity contribution in [1.29, 1.82) is 0 Å². The Morgan fingerprint density at radius 2 is 1.97 bits per heavy atom. The van der Waals surface area contributed by atoms with Crippen LogP contribution in [0, 0.1) is 6.92 Å². The molecule has 0 aliphatic carbocycles. The lowest BCUT2D eigenvalue weighted by Crippen LogP contribution is -2.23. The minimum absolute atomic E-state index is 0.0515. The summed E-state index contributed by atoms with van der Waals surface area (Å²) in [6, 6.07) is 16.3. The van der Waals surface area contributed by atoms with E-state index in [0.717, 1.165) is 21.5 Å². The number of amides is 1. The number of nitrogens with one attached hydrogen (secondary N) is 1. The molecule has 2 aromatic carbocycles. The Balaban J connectivity index is 1.42. The maximum atomic E-state index is 13.3. The van der Waals surface area contributed by atoms with Crippen LogP contribution in [0.4, 0.5) is 5.13 Å². The second-order valence-corrected chi connectivity index (χ2v) is 9.41. The molecule has 0 radical (unpaired) electrons. The number of aromatic nitrogens is 4. The molecule has 10 heteroatoms. The van der Waals surface area contributed by atoms with Crippen molar-refractivity contribution in [2.24, 2.45) is 0 Å². The molecule has 170 valence electrons. The number of benzene rings is 2. The fourth-order valence-electron chi connectivity index (χ4n) is 3.37. The van der Waals surface area contributed by atoms with Gasteiger partial charge in [0.2, 0.25) is 5.91 Å². The van der Waals surface area contributed by atoms with Crippen LogP contribution in [0.5, 0.6) is 5.75 Å². The number of carbonyl (C=O) groups is 1. The minimum Gasteiger partial charge on any atom is -0.497 e. The van der Waals surface area contributed by atoms with Crippen molar-refractivity contribution in [2.75, 3.05) is 18.2 Å². The number of carbonyl (C=O) groups excluding carboxylic acids is 1. The molecule has 0 saturated heterocycles. The summed E-state index contributed by atoms with van der Waals surface area (Å²) in [6.07, 6.45) is 1.69. The summed E-state index contributed by atoms with van der Waals surface area (Å²) in [5, 5.41) is 4.21. The van der Waals surface area contributed by atoms with E-state index in [1.54, 1.807) is 37.6 Å². The first-order valence-electron chi connectivity index (χ1n) is 10.3. The fraction of sp³-hybridized carbons (Fsp3) is 0.125. The highest BCUT2D eigenvalue weighted by Gasteiger charge is 2.16. The van der Waals surface area contributed by atoms with Gasteiger partial charge in [0.15, 0.2) is 10.3 Å². The summed E-state index contributed by atoms with van der Waals surface area (Å²) in [6.45, 7) is 1.93. The summed E-state index contributed by atoms with van der Waals surface area (Å²) in [4.78, 5) is 39.5. The lowest BCUT2D eigenvalue weighted by molar-refractivity contribution is -0.113. The van der Waals surface area contributed by atoms with Gasteiger partial charge in [-0.2, -0.15) is 0 Å². The largest absolute Gasteiger partial charge is 0.497 e. The maximum absolute atomic E-state index is 13.3. The van der Waals surface area contributed by atoms with Crippen LogP contribution >= 0.6 is 23.1 Å². The molecule has 1 N–H and O–H groups in total. The van der Waals surface area contributed by atoms with Crippen LogP contribution in [0.1, 0.15) is 5.56 Å². The van der Waals surface area contributed by atoms with Crippen LogP contribution in [-0.2, 0) is 4.79 Å². The summed E-state index contributed by atoms with van der Waals surface area (Å²) < 4.78 is 7.61. The highest BCUT2D eigenvalue weighted by molar-refractivity contribution is 7.99. The van der Waals surface area contributed by atoms with Gasteiger partial charge in [-0.1, -0.05) is 41.3 Å². The molecule has 0 saturated carbocycles. The summed E-state index contributed by atoms with van der Waals surface area (Å²) in [7, 11) is 1.61. The number of para-hydroxylation sites is 1. The molecule has 5 aromatic rings. The smallest absolute Gasteiger partial charge is 0.267 e. The lowest BCUT2D eigenvalue weighted by Gasteiger charge is -2.12. The zero-order valence-corrected chi connectivity index (χ0v) is 19.9. The average molecular weight is 490 g/mol. The Hall–Kier alpha value is -3.76. The number of methoxy groups -OCH3 is 1. The van der Waals surface area contributed by atoms with Gasteiger partial charge in [-0.05, 0) is 48.9 Å². The highest BCUT2D eigenvalue weighted by atomic mass is 32.2. The van der Waals surface area contributed by atoms with Gasteiger partial charge >= 0.3 is 0 Å². The van der Waals surface area contributed by atoms with E-state index in [-0.39, 0.29) is 17.2 Å².